The molecule has 4 fully saturated rings. The fraction of sp³-hybridized carbons (Fsp3) is 0.294. The molecule has 0 amide bonds. The van der Waals surface area contributed by atoms with E-state index in [0.717, 1.165) is 28.7 Å². The third kappa shape index (κ3) is 2.38. The van der Waals surface area contributed by atoms with Crippen LogP contribution in [0.2, 0.25) is 5.02 Å². The summed E-state index contributed by atoms with van der Waals surface area (Å²) >= 11 is 8.52. The summed E-state index contributed by atoms with van der Waals surface area (Å²) in [6.45, 7) is 0. The van der Waals surface area contributed by atoms with Gasteiger partial charge in [0.25, 0.3) is 0 Å². The van der Waals surface area contributed by atoms with Crippen LogP contribution in [0, 0.1) is 23.7 Å². The SMILES string of the molecule is Clc1cccc2c1sc1c(-c3cccc4c3-c3ccccc3C43C4CC5CC(C4)CC3C5)cccc12. The number of fused-ring (bicyclic) bond motifs is 6. The molecule has 4 aromatic carbocycles. The van der Waals surface area contributed by atoms with Gasteiger partial charge in [-0.15, -0.1) is 11.3 Å². The van der Waals surface area contributed by atoms with Crippen molar-refractivity contribution in [3.63, 3.8) is 0 Å². The van der Waals surface area contributed by atoms with Gasteiger partial charge in [-0.1, -0.05) is 84.4 Å². The largest absolute Gasteiger partial charge is 0.133 e. The van der Waals surface area contributed by atoms with E-state index in [-0.39, 0.29) is 5.41 Å². The first-order chi connectivity index (χ1) is 17.7. The summed E-state index contributed by atoms with van der Waals surface area (Å²) in [7, 11) is 0. The summed E-state index contributed by atoms with van der Waals surface area (Å²) in [5.74, 6) is 3.53. The number of thiophene rings is 1. The van der Waals surface area contributed by atoms with Gasteiger partial charge in [0.2, 0.25) is 0 Å². The Balaban J connectivity index is 1.36. The van der Waals surface area contributed by atoms with Gasteiger partial charge in [-0.3, -0.25) is 0 Å². The smallest absolute Gasteiger partial charge is 0.0584 e. The van der Waals surface area contributed by atoms with Crippen LogP contribution in [0.1, 0.15) is 43.2 Å². The molecule has 0 atom stereocenters. The molecule has 0 N–H and O–H groups in total. The summed E-state index contributed by atoms with van der Waals surface area (Å²) in [5.41, 5.74) is 9.24. The van der Waals surface area contributed by atoms with Crippen LogP contribution in [-0.2, 0) is 5.41 Å². The highest BCUT2D eigenvalue weighted by atomic mass is 35.5. The topological polar surface area (TPSA) is 0 Å². The van der Waals surface area contributed by atoms with E-state index in [1.807, 2.05) is 17.4 Å². The highest BCUT2D eigenvalue weighted by Gasteiger charge is 2.61. The molecule has 0 nitrogen and oxygen atoms in total. The molecule has 0 unspecified atom stereocenters. The van der Waals surface area contributed by atoms with E-state index in [1.165, 1.54) is 74.5 Å². The van der Waals surface area contributed by atoms with E-state index in [2.05, 4.69) is 72.8 Å². The molecule has 1 heterocycles. The van der Waals surface area contributed by atoms with E-state index in [1.54, 1.807) is 11.1 Å². The fourth-order valence-corrected chi connectivity index (χ4v) is 10.9. The summed E-state index contributed by atoms with van der Waals surface area (Å²) in [6, 6.07) is 29.9. The van der Waals surface area contributed by atoms with Crippen molar-refractivity contribution in [2.75, 3.05) is 0 Å². The van der Waals surface area contributed by atoms with Gasteiger partial charge in [-0.05, 0) is 89.7 Å². The Morgan fingerprint density at radius 3 is 2.00 bits per heavy atom. The number of hydrogen-bond acceptors (Lipinski definition) is 1. The predicted molar refractivity (Wildman–Crippen MR) is 153 cm³/mol. The summed E-state index contributed by atoms with van der Waals surface area (Å²) in [6.07, 6.45) is 7.20. The van der Waals surface area contributed by atoms with Crippen LogP contribution in [0.5, 0.6) is 0 Å². The lowest BCUT2D eigenvalue weighted by molar-refractivity contribution is -0.0399. The monoisotopic (exact) mass is 502 g/mol. The molecular weight excluding hydrogens is 476 g/mol. The molecule has 1 spiro atoms. The Kier molecular flexibility index (Phi) is 3.99. The summed E-state index contributed by atoms with van der Waals surface area (Å²) < 4.78 is 2.56. The van der Waals surface area contributed by atoms with Crippen LogP contribution in [0.15, 0.2) is 78.9 Å². The lowest BCUT2D eigenvalue weighted by atomic mass is 9.43. The molecule has 0 radical (unpaired) electrons. The van der Waals surface area contributed by atoms with Crippen LogP contribution < -0.4 is 0 Å². The second kappa shape index (κ2) is 7.03. The normalized spacial score (nSPS) is 29.4. The third-order valence-electron chi connectivity index (χ3n) is 10.3. The molecule has 5 aliphatic carbocycles. The zero-order valence-corrected chi connectivity index (χ0v) is 21.7. The van der Waals surface area contributed by atoms with E-state index in [0.29, 0.717) is 0 Å². The Morgan fingerprint density at radius 1 is 0.583 bits per heavy atom. The zero-order chi connectivity index (χ0) is 23.6. The third-order valence-corrected chi connectivity index (χ3v) is 12.1. The van der Waals surface area contributed by atoms with Crippen molar-refractivity contribution >= 4 is 43.1 Å². The molecule has 5 aromatic rings. The van der Waals surface area contributed by atoms with Crippen molar-refractivity contribution in [3.05, 3.63) is 95.0 Å². The summed E-state index contributed by atoms with van der Waals surface area (Å²) in [5, 5.41) is 3.45. The molecule has 4 saturated carbocycles. The van der Waals surface area contributed by atoms with E-state index in [9.17, 15) is 0 Å². The first-order valence-corrected chi connectivity index (χ1v) is 14.8. The van der Waals surface area contributed by atoms with Gasteiger partial charge in [0, 0.05) is 26.5 Å². The van der Waals surface area contributed by atoms with Gasteiger partial charge in [-0.25, -0.2) is 0 Å². The van der Waals surface area contributed by atoms with E-state index in [4.69, 9.17) is 11.6 Å². The second-order valence-electron chi connectivity index (χ2n) is 11.8. The summed E-state index contributed by atoms with van der Waals surface area (Å²) in [4.78, 5) is 0. The Labute approximate surface area is 220 Å². The minimum Gasteiger partial charge on any atom is -0.133 e. The van der Waals surface area contributed by atoms with E-state index >= 15 is 0 Å². The standard InChI is InChI=1S/C34H27ClS/c35-30-13-5-10-26-25-9-3-8-24(32(25)36-33(26)30)23-7-4-12-29-31(23)27-6-1-2-11-28(27)34(29)21-15-19-14-20(17-21)18-22(34)16-19/h1-13,19-22H,14-18H2. The molecule has 36 heavy (non-hydrogen) atoms. The number of hydrogen-bond donors (Lipinski definition) is 0. The number of halogens is 1. The van der Waals surface area contributed by atoms with Gasteiger partial charge in [0.15, 0.2) is 0 Å². The van der Waals surface area contributed by atoms with Crippen molar-refractivity contribution in [1.29, 1.82) is 0 Å². The lowest BCUT2D eigenvalue weighted by Crippen LogP contribution is -2.55. The van der Waals surface area contributed by atoms with Crippen LogP contribution in [0.25, 0.3) is 42.4 Å². The average molecular weight is 503 g/mol. The number of rotatable bonds is 1. The first-order valence-electron chi connectivity index (χ1n) is 13.6. The van der Waals surface area contributed by atoms with Crippen LogP contribution >= 0.6 is 22.9 Å². The van der Waals surface area contributed by atoms with Crippen LogP contribution in [0.4, 0.5) is 0 Å². The number of benzene rings is 4. The maximum absolute atomic E-state index is 6.67. The molecule has 4 bridgehead atoms. The second-order valence-corrected chi connectivity index (χ2v) is 13.3. The minimum absolute atomic E-state index is 0.215. The molecular formula is C34H27ClS. The fourth-order valence-electron chi connectivity index (χ4n) is 9.42. The van der Waals surface area contributed by atoms with E-state index < -0.39 is 0 Å². The van der Waals surface area contributed by atoms with Crippen molar-refractivity contribution in [3.8, 4) is 22.3 Å². The molecule has 2 heteroatoms. The van der Waals surface area contributed by atoms with Gasteiger partial charge in [0.1, 0.15) is 0 Å². The lowest BCUT2D eigenvalue weighted by Gasteiger charge is -2.61. The van der Waals surface area contributed by atoms with Gasteiger partial charge >= 0.3 is 0 Å². The molecule has 5 aliphatic rings. The van der Waals surface area contributed by atoms with Crippen LogP contribution in [0.3, 0.4) is 0 Å². The van der Waals surface area contributed by atoms with Crippen molar-refractivity contribution < 1.29 is 0 Å². The van der Waals surface area contributed by atoms with Gasteiger partial charge in [0.05, 0.1) is 9.72 Å². The van der Waals surface area contributed by atoms with Gasteiger partial charge in [-0.2, -0.15) is 0 Å². The maximum atomic E-state index is 6.67. The Morgan fingerprint density at radius 2 is 1.19 bits per heavy atom. The zero-order valence-electron chi connectivity index (χ0n) is 20.1. The minimum atomic E-state index is 0.215. The quantitative estimate of drug-likeness (QED) is 0.214. The molecule has 176 valence electrons. The first kappa shape index (κ1) is 20.4. The highest BCUT2D eigenvalue weighted by molar-refractivity contribution is 7.27. The van der Waals surface area contributed by atoms with Crippen molar-refractivity contribution in [2.24, 2.45) is 23.7 Å². The van der Waals surface area contributed by atoms with Crippen molar-refractivity contribution in [1.82, 2.24) is 0 Å². The average Bonchev–Trinajstić information content (AvgIpc) is 3.42. The predicted octanol–water partition coefficient (Wildman–Crippen LogP) is 10.1. The van der Waals surface area contributed by atoms with Crippen LogP contribution in [-0.4, -0.2) is 0 Å². The molecule has 0 saturated heterocycles. The van der Waals surface area contributed by atoms with Crippen molar-refractivity contribution in [2.45, 2.75) is 37.5 Å². The molecule has 0 aliphatic heterocycles. The maximum Gasteiger partial charge on any atom is 0.0584 e. The van der Waals surface area contributed by atoms with Gasteiger partial charge < -0.3 is 0 Å². The Hall–Kier alpha value is -2.61. The highest BCUT2D eigenvalue weighted by Crippen LogP contribution is 2.70. The molecule has 1 aromatic heterocycles. The Bertz CT molecular complexity index is 1690. The molecule has 10 rings (SSSR count).